The van der Waals surface area contributed by atoms with Crippen LogP contribution in [0.1, 0.15) is 60.3 Å². The summed E-state index contributed by atoms with van der Waals surface area (Å²) in [5.41, 5.74) is 2.00. The molecule has 0 radical (unpaired) electrons. The van der Waals surface area contributed by atoms with Crippen LogP contribution in [0.3, 0.4) is 0 Å². The Kier molecular flexibility index (Phi) is 5.92. The van der Waals surface area contributed by atoms with Gasteiger partial charge in [-0.3, -0.25) is 9.78 Å². The van der Waals surface area contributed by atoms with Gasteiger partial charge in [0.15, 0.2) is 0 Å². The highest BCUT2D eigenvalue weighted by Crippen LogP contribution is 2.20. The number of sulfonamides is 1. The first-order chi connectivity index (χ1) is 12.8. The van der Waals surface area contributed by atoms with Crippen molar-refractivity contribution in [1.29, 1.82) is 0 Å². The summed E-state index contributed by atoms with van der Waals surface area (Å²) >= 11 is 0. The third kappa shape index (κ3) is 4.93. The molecular formula is C20H25N3O3S. The molecule has 1 amide bonds. The number of hydrogen-bond donors (Lipinski definition) is 2. The first-order valence-electron chi connectivity index (χ1n) is 9.21. The van der Waals surface area contributed by atoms with Gasteiger partial charge in [-0.05, 0) is 56.5 Å². The van der Waals surface area contributed by atoms with Crippen molar-refractivity contribution in [3.63, 3.8) is 0 Å². The number of aryl methyl sites for hydroxylation is 1. The number of carbonyl (C=O) groups is 1. The number of amides is 1. The predicted molar refractivity (Wildman–Crippen MR) is 104 cm³/mol. The largest absolute Gasteiger partial charge is 0.349 e. The number of rotatable bonds is 6. The number of carbonyl (C=O) groups excluding carboxylic acids is 1. The van der Waals surface area contributed by atoms with Crippen LogP contribution in [-0.4, -0.2) is 25.4 Å². The molecule has 6 nitrogen and oxygen atoms in total. The lowest BCUT2D eigenvalue weighted by Crippen LogP contribution is -2.33. The van der Waals surface area contributed by atoms with Crippen molar-refractivity contribution in [2.24, 2.45) is 0 Å². The third-order valence-electron chi connectivity index (χ3n) is 4.86. The average Bonchev–Trinajstić information content (AvgIpc) is 3.15. The lowest BCUT2D eigenvalue weighted by atomic mass is 10.1. The second-order valence-corrected chi connectivity index (χ2v) is 8.77. The fourth-order valence-corrected chi connectivity index (χ4v) is 4.53. The maximum atomic E-state index is 12.7. The summed E-state index contributed by atoms with van der Waals surface area (Å²) in [5, 5.41) is 2.98. The minimum absolute atomic E-state index is 0.0773. The van der Waals surface area contributed by atoms with Crippen molar-refractivity contribution in [3.05, 3.63) is 59.4 Å². The summed E-state index contributed by atoms with van der Waals surface area (Å²) in [6.07, 6.45) is 5.86. The van der Waals surface area contributed by atoms with Gasteiger partial charge in [0.2, 0.25) is 10.0 Å². The predicted octanol–water partition coefficient (Wildman–Crippen LogP) is 3.10. The molecule has 0 saturated heterocycles. The Bertz CT molecular complexity index is 904. The number of hydrogen-bond acceptors (Lipinski definition) is 4. The SMILES string of the molecule is Cc1ccc([C@@H](C)NS(=O)(=O)c2cccc(C(=O)NC3CCCC3)c2)cn1. The second-order valence-electron chi connectivity index (χ2n) is 7.06. The molecule has 1 aliphatic rings. The van der Waals surface area contributed by atoms with Crippen LogP contribution >= 0.6 is 0 Å². The van der Waals surface area contributed by atoms with Gasteiger partial charge in [0.25, 0.3) is 5.91 Å². The summed E-state index contributed by atoms with van der Waals surface area (Å²) in [5.74, 6) is -0.227. The van der Waals surface area contributed by atoms with Crippen molar-refractivity contribution in [2.45, 2.75) is 56.5 Å². The van der Waals surface area contributed by atoms with Gasteiger partial charge < -0.3 is 5.32 Å². The molecule has 1 aromatic carbocycles. The molecule has 27 heavy (non-hydrogen) atoms. The summed E-state index contributed by atoms with van der Waals surface area (Å²) in [4.78, 5) is 16.7. The van der Waals surface area contributed by atoms with Gasteiger partial charge in [0.05, 0.1) is 4.90 Å². The molecule has 1 aromatic heterocycles. The maximum Gasteiger partial charge on any atom is 0.251 e. The van der Waals surface area contributed by atoms with Crippen LogP contribution in [0.15, 0.2) is 47.5 Å². The zero-order valence-corrected chi connectivity index (χ0v) is 16.4. The molecule has 1 fully saturated rings. The van der Waals surface area contributed by atoms with E-state index in [0.717, 1.165) is 36.9 Å². The van der Waals surface area contributed by atoms with Crippen molar-refractivity contribution < 1.29 is 13.2 Å². The van der Waals surface area contributed by atoms with E-state index in [2.05, 4.69) is 15.0 Å². The molecule has 2 aromatic rings. The van der Waals surface area contributed by atoms with Gasteiger partial charge in [-0.2, -0.15) is 0 Å². The summed E-state index contributed by atoms with van der Waals surface area (Å²) in [6.45, 7) is 3.64. The van der Waals surface area contributed by atoms with Gasteiger partial charge in [0.1, 0.15) is 0 Å². The van der Waals surface area contributed by atoms with Crippen molar-refractivity contribution in [2.75, 3.05) is 0 Å². The highest BCUT2D eigenvalue weighted by molar-refractivity contribution is 7.89. The van der Waals surface area contributed by atoms with E-state index in [1.54, 1.807) is 25.3 Å². The molecule has 2 N–H and O–H groups in total. The van der Waals surface area contributed by atoms with E-state index in [0.29, 0.717) is 5.56 Å². The fraction of sp³-hybridized carbons (Fsp3) is 0.400. The Balaban J connectivity index is 1.74. The first kappa shape index (κ1) is 19.5. The lowest BCUT2D eigenvalue weighted by Gasteiger charge is -2.16. The van der Waals surface area contributed by atoms with Crippen molar-refractivity contribution in [3.8, 4) is 0 Å². The molecule has 0 aliphatic heterocycles. The third-order valence-corrected chi connectivity index (χ3v) is 6.40. The smallest absolute Gasteiger partial charge is 0.251 e. The zero-order valence-electron chi connectivity index (χ0n) is 15.6. The van der Waals surface area contributed by atoms with Gasteiger partial charge in [0, 0.05) is 29.5 Å². The molecule has 3 rings (SSSR count). The van der Waals surface area contributed by atoms with E-state index in [1.165, 1.54) is 12.1 Å². The molecule has 1 heterocycles. The number of nitrogens with zero attached hydrogens (tertiary/aromatic N) is 1. The van der Waals surface area contributed by atoms with Crippen molar-refractivity contribution in [1.82, 2.24) is 15.0 Å². The average molecular weight is 388 g/mol. The van der Waals surface area contributed by atoms with E-state index in [9.17, 15) is 13.2 Å². The first-order valence-corrected chi connectivity index (χ1v) is 10.7. The molecule has 7 heteroatoms. The van der Waals surface area contributed by atoms with Crippen LogP contribution in [0.4, 0.5) is 0 Å². The molecular weight excluding hydrogens is 362 g/mol. The van der Waals surface area contributed by atoms with E-state index in [4.69, 9.17) is 0 Å². The highest BCUT2D eigenvalue weighted by atomic mass is 32.2. The standard InChI is InChI=1S/C20H25N3O3S/c1-14-10-11-17(13-21-14)15(2)23-27(25,26)19-9-5-6-16(12-19)20(24)22-18-7-3-4-8-18/h5-6,9-13,15,18,23H,3-4,7-8H2,1-2H3,(H,22,24)/t15-/m1/s1. The Morgan fingerprint density at radius 3 is 2.59 bits per heavy atom. The van der Waals surface area contributed by atoms with Crippen LogP contribution in [0.25, 0.3) is 0 Å². The second kappa shape index (κ2) is 8.19. The minimum Gasteiger partial charge on any atom is -0.349 e. The Hall–Kier alpha value is -2.25. The van der Waals surface area contributed by atoms with E-state index < -0.39 is 16.1 Å². The van der Waals surface area contributed by atoms with Crippen LogP contribution in [0.2, 0.25) is 0 Å². The molecule has 0 spiro atoms. The van der Waals surface area contributed by atoms with E-state index in [-0.39, 0.29) is 16.8 Å². The Morgan fingerprint density at radius 1 is 1.19 bits per heavy atom. The van der Waals surface area contributed by atoms with E-state index >= 15 is 0 Å². The highest BCUT2D eigenvalue weighted by Gasteiger charge is 2.22. The van der Waals surface area contributed by atoms with Gasteiger partial charge in [-0.25, -0.2) is 13.1 Å². The van der Waals surface area contributed by atoms with E-state index in [1.807, 2.05) is 19.1 Å². The Morgan fingerprint density at radius 2 is 1.93 bits per heavy atom. The monoisotopic (exact) mass is 387 g/mol. The van der Waals surface area contributed by atoms with Crippen LogP contribution in [0, 0.1) is 6.92 Å². The van der Waals surface area contributed by atoms with Crippen molar-refractivity contribution >= 4 is 15.9 Å². The Labute approximate surface area is 160 Å². The number of aromatic nitrogens is 1. The zero-order chi connectivity index (χ0) is 19.4. The minimum atomic E-state index is -3.76. The molecule has 1 atom stereocenters. The fourth-order valence-electron chi connectivity index (χ4n) is 3.25. The van der Waals surface area contributed by atoms with Crippen LogP contribution in [0.5, 0.6) is 0 Å². The number of pyridine rings is 1. The molecule has 1 aliphatic carbocycles. The van der Waals surface area contributed by atoms with Crippen LogP contribution < -0.4 is 10.0 Å². The van der Waals surface area contributed by atoms with Gasteiger partial charge in [-0.1, -0.05) is 25.0 Å². The lowest BCUT2D eigenvalue weighted by molar-refractivity contribution is 0.0937. The molecule has 0 bridgehead atoms. The van der Waals surface area contributed by atoms with Gasteiger partial charge in [-0.15, -0.1) is 0 Å². The summed E-state index contributed by atoms with van der Waals surface area (Å²) in [7, 11) is -3.76. The van der Waals surface area contributed by atoms with Crippen LogP contribution in [-0.2, 0) is 10.0 Å². The topological polar surface area (TPSA) is 88.2 Å². The normalized spacial score (nSPS) is 16.2. The molecule has 144 valence electrons. The number of nitrogens with one attached hydrogen (secondary N) is 2. The summed E-state index contributed by atoms with van der Waals surface area (Å²) in [6, 6.07) is 9.59. The summed E-state index contributed by atoms with van der Waals surface area (Å²) < 4.78 is 28.1. The maximum absolute atomic E-state index is 12.7. The van der Waals surface area contributed by atoms with Gasteiger partial charge >= 0.3 is 0 Å². The molecule has 1 saturated carbocycles. The number of benzene rings is 1. The molecule has 0 unspecified atom stereocenters. The quantitative estimate of drug-likeness (QED) is 0.797.